The van der Waals surface area contributed by atoms with Crippen molar-refractivity contribution in [1.29, 1.82) is 0 Å². The summed E-state index contributed by atoms with van der Waals surface area (Å²) in [6.07, 6.45) is 5.93. The predicted molar refractivity (Wildman–Crippen MR) is 112 cm³/mol. The molecule has 0 aliphatic carbocycles. The number of fused-ring (bicyclic) bond motifs is 1. The van der Waals surface area contributed by atoms with Gasteiger partial charge in [0.25, 0.3) is 11.5 Å². The number of rotatable bonds is 4. The van der Waals surface area contributed by atoms with E-state index in [1.165, 1.54) is 12.4 Å². The monoisotopic (exact) mass is 424 g/mol. The van der Waals surface area contributed by atoms with Crippen LogP contribution in [0.25, 0.3) is 11.4 Å². The zero-order valence-corrected chi connectivity index (χ0v) is 17.3. The summed E-state index contributed by atoms with van der Waals surface area (Å²) in [5.74, 6) is 0.188. The fraction of sp³-hybridized carbons (Fsp3) is 0.333. The smallest absolute Gasteiger partial charge is 0.270 e. The first-order valence-electron chi connectivity index (χ1n) is 9.86. The van der Waals surface area contributed by atoms with Crippen LogP contribution >= 0.6 is 11.6 Å². The molecule has 0 saturated carbocycles. The number of halogens is 1. The first-order valence-corrected chi connectivity index (χ1v) is 10.2. The highest BCUT2D eigenvalue weighted by Gasteiger charge is 2.38. The minimum Gasteiger partial charge on any atom is -0.338 e. The fourth-order valence-corrected chi connectivity index (χ4v) is 3.99. The van der Waals surface area contributed by atoms with Gasteiger partial charge in [0, 0.05) is 18.8 Å². The van der Waals surface area contributed by atoms with Crippen molar-refractivity contribution in [3.63, 3.8) is 0 Å². The minimum atomic E-state index is -0.806. The van der Waals surface area contributed by atoms with Crippen LogP contribution in [-0.2, 0) is 12.1 Å². The molecule has 0 bridgehead atoms. The molecule has 1 aliphatic rings. The number of amides is 1. The van der Waals surface area contributed by atoms with Gasteiger partial charge in [-0.1, -0.05) is 24.6 Å². The summed E-state index contributed by atoms with van der Waals surface area (Å²) in [6.45, 7) is 2.53. The average molecular weight is 425 g/mol. The lowest BCUT2D eigenvalue weighted by atomic mass is 9.88. The zero-order chi connectivity index (χ0) is 21.1. The van der Waals surface area contributed by atoms with Gasteiger partial charge in [-0.15, -0.1) is 0 Å². The molecule has 154 valence electrons. The molecule has 1 atom stereocenters. The van der Waals surface area contributed by atoms with Crippen LogP contribution < -0.4 is 10.9 Å². The van der Waals surface area contributed by atoms with Crippen molar-refractivity contribution >= 4 is 17.5 Å². The molecule has 1 amide bonds. The molecular formula is C21H21ClN6O2. The molecule has 1 aliphatic heterocycles. The molecule has 1 unspecified atom stereocenters. The molecule has 4 heterocycles. The predicted octanol–water partition coefficient (Wildman–Crippen LogP) is 2.97. The number of carbonyl (C=O) groups is 1. The number of aromatic nitrogens is 5. The van der Waals surface area contributed by atoms with Gasteiger partial charge in [-0.2, -0.15) is 0 Å². The topological polar surface area (TPSA) is 103 Å². The van der Waals surface area contributed by atoms with E-state index in [0.29, 0.717) is 36.6 Å². The van der Waals surface area contributed by atoms with E-state index in [1.54, 1.807) is 35.0 Å². The van der Waals surface area contributed by atoms with E-state index in [4.69, 9.17) is 16.6 Å². The van der Waals surface area contributed by atoms with Gasteiger partial charge in [-0.05, 0) is 43.9 Å². The maximum absolute atomic E-state index is 13.0. The SMILES string of the molecule is CCC1(NC(=O)c2cccc(Cl)n2)CCCCn2c1nc(-c1ccncn1)cc2=O. The van der Waals surface area contributed by atoms with Crippen LogP contribution in [0.3, 0.4) is 0 Å². The van der Waals surface area contributed by atoms with E-state index in [9.17, 15) is 9.59 Å². The van der Waals surface area contributed by atoms with E-state index in [2.05, 4.69) is 20.3 Å². The Kier molecular flexibility index (Phi) is 5.59. The molecule has 8 nitrogen and oxygen atoms in total. The lowest BCUT2D eigenvalue weighted by Crippen LogP contribution is -2.49. The zero-order valence-electron chi connectivity index (χ0n) is 16.5. The first kappa shape index (κ1) is 20.2. The van der Waals surface area contributed by atoms with Crippen molar-refractivity contribution in [2.45, 2.75) is 44.7 Å². The Morgan fingerprint density at radius 1 is 1.23 bits per heavy atom. The summed E-state index contributed by atoms with van der Waals surface area (Å²) >= 11 is 5.96. The van der Waals surface area contributed by atoms with Crippen LogP contribution in [0, 0.1) is 0 Å². The summed E-state index contributed by atoms with van der Waals surface area (Å²) in [5.41, 5.74) is 0.273. The van der Waals surface area contributed by atoms with Crippen LogP contribution in [-0.4, -0.2) is 30.4 Å². The number of hydrogen-bond acceptors (Lipinski definition) is 6. The van der Waals surface area contributed by atoms with Crippen LogP contribution in [0.1, 0.15) is 48.9 Å². The second-order valence-corrected chi connectivity index (χ2v) is 7.63. The number of nitrogens with one attached hydrogen (secondary N) is 1. The third kappa shape index (κ3) is 3.82. The normalized spacial score (nSPS) is 18.3. The molecule has 30 heavy (non-hydrogen) atoms. The van der Waals surface area contributed by atoms with Gasteiger partial charge in [0.2, 0.25) is 0 Å². The van der Waals surface area contributed by atoms with Crippen molar-refractivity contribution in [3.05, 3.63) is 69.9 Å². The second kappa shape index (κ2) is 8.31. The van der Waals surface area contributed by atoms with Gasteiger partial charge in [0.05, 0.1) is 16.9 Å². The molecule has 0 spiro atoms. The van der Waals surface area contributed by atoms with Gasteiger partial charge in [-0.25, -0.2) is 19.9 Å². The Bertz CT molecular complexity index is 1130. The van der Waals surface area contributed by atoms with Crippen molar-refractivity contribution in [2.75, 3.05) is 0 Å². The highest BCUT2D eigenvalue weighted by atomic mass is 35.5. The van der Waals surface area contributed by atoms with Crippen molar-refractivity contribution in [1.82, 2.24) is 29.8 Å². The quantitative estimate of drug-likeness (QED) is 0.646. The van der Waals surface area contributed by atoms with Gasteiger partial charge < -0.3 is 5.32 Å². The van der Waals surface area contributed by atoms with Crippen LogP contribution in [0.4, 0.5) is 0 Å². The van der Waals surface area contributed by atoms with E-state index in [1.807, 2.05) is 6.92 Å². The summed E-state index contributed by atoms with van der Waals surface area (Å²) < 4.78 is 1.66. The largest absolute Gasteiger partial charge is 0.338 e. The molecule has 0 saturated heterocycles. The average Bonchev–Trinajstić information content (AvgIpc) is 2.95. The molecule has 3 aromatic rings. The standard InChI is InChI=1S/C21H21ClN6O2/c1-2-21(27-19(30)15-6-5-7-17(22)25-15)9-3-4-11-28-18(29)12-16(26-20(21)28)14-8-10-23-13-24-14/h5-8,10,12-13H,2-4,9,11H2,1H3,(H,27,30). The number of carbonyl (C=O) groups excluding carboxylic acids is 1. The van der Waals surface area contributed by atoms with Crippen molar-refractivity contribution in [3.8, 4) is 11.4 Å². The minimum absolute atomic E-state index is 0.163. The molecule has 4 rings (SSSR count). The van der Waals surface area contributed by atoms with E-state index in [0.717, 1.165) is 12.8 Å². The molecule has 0 aromatic carbocycles. The van der Waals surface area contributed by atoms with E-state index in [-0.39, 0.29) is 22.3 Å². The Hall–Kier alpha value is -3.13. The lowest BCUT2D eigenvalue weighted by molar-refractivity contribution is 0.0874. The third-order valence-electron chi connectivity index (χ3n) is 5.42. The third-order valence-corrected chi connectivity index (χ3v) is 5.63. The van der Waals surface area contributed by atoms with Gasteiger partial charge in [-0.3, -0.25) is 14.2 Å². The van der Waals surface area contributed by atoms with Crippen molar-refractivity contribution < 1.29 is 4.79 Å². The second-order valence-electron chi connectivity index (χ2n) is 7.24. The highest BCUT2D eigenvalue weighted by molar-refractivity contribution is 6.29. The number of nitrogens with zero attached hydrogens (tertiary/aromatic N) is 5. The maximum Gasteiger partial charge on any atom is 0.270 e. The first-order chi connectivity index (χ1) is 14.5. The van der Waals surface area contributed by atoms with E-state index >= 15 is 0 Å². The summed E-state index contributed by atoms with van der Waals surface area (Å²) in [6, 6.07) is 8.10. The Labute approximate surface area is 178 Å². The van der Waals surface area contributed by atoms with Crippen LogP contribution in [0.5, 0.6) is 0 Å². The maximum atomic E-state index is 13.0. The highest BCUT2D eigenvalue weighted by Crippen LogP contribution is 2.33. The molecule has 0 fully saturated rings. The Balaban J connectivity index is 1.82. The van der Waals surface area contributed by atoms with Crippen molar-refractivity contribution in [2.24, 2.45) is 0 Å². The molecule has 3 aromatic heterocycles. The summed E-state index contributed by atoms with van der Waals surface area (Å²) in [4.78, 5) is 43.0. The summed E-state index contributed by atoms with van der Waals surface area (Å²) in [5, 5.41) is 3.36. The Morgan fingerprint density at radius 3 is 2.83 bits per heavy atom. The number of pyridine rings is 1. The van der Waals surface area contributed by atoms with Gasteiger partial charge >= 0.3 is 0 Å². The van der Waals surface area contributed by atoms with Gasteiger partial charge in [0.1, 0.15) is 23.0 Å². The lowest BCUT2D eigenvalue weighted by Gasteiger charge is -2.33. The van der Waals surface area contributed by atoms with Crippen LogP contribution in [0.2, 0.25) is 5.15 Å². The molecule has 1 N–H and O–H groups in total. The molecule has 9 heteroatoms. The van der Waals surface area contributed by atoms with E-state index < -0.39 is 5.54 Å². The fourth-order valence-electron chi connectivity index (χ4n) is 3.83. The Morgan fingerprint density at radius 2 is 2.10 bits per heavy atom. The van der Waals surface area contributed by atoms with Gasteiger partial charge in [0.15, 0.2) is 0 Å². The van der Waals surface area contributed by atoms with Crippen LogP contribution in [0.15, 0.2) is 47.7 Å². The summed E-state index contributed by atoms with van der Waals surface area (Å²) in [7, 11) is 0. The number of hydrogen-bond donors (Lipinski definition) is 1. The molecular weight excluding hydrogens is 404 g/mol. The molecule has 0 radical (unpaired) electrons.